The van der Waals surface area contributed by atoms with Crippen LogP contribution in [0.25, 0.3) is 83.9 Å². The van der Waals surface area contributed by atoms with E-state index >= 15 is 0 Å². The number of para-hydroxylation sites is 4. The summed E-state index contributed by atoms with van der Waals surface area (Å²) >= 11 is 0. The first-order valence-corrected chi connectivity index (χ1v) is 18.9. The molecule has 0 bridgehead atoms. The van der Waals surface area contributed by atoms with E-state index in [2.05, 4.69) is 132 Å². The van der Waals surface area contributed by atoms with Gasteiger partial charge < -0.3 is 14.0 Å². The van der Waals surface area contributed by atoms with Crippen LogP contribution in [0.2, 0.25) is 0 Å². The lowest BCUT2D eigenvalue weighted by atomic mass is 9.99. The van der Waals surface area contributed by atoms with Crippen molar-refractivity contribution in [3.63, 3.8) is 0 Å². The van der Waals surface area contributed by atoms with Crippen molar-refractivity contribution in [2.45, 2.75) is 0 Å². The summed E-state index contributed by atoms with van der Waals surface area (Å²) in [7, 11) is 0. The number of fused-ring (bicyclic) bond motifs is 5. The molecule has 0 atom stereocenters. The van der Waals surface area contributed by atoms with Crippen molar-refractivity contribution >= 4 is 21.8 Å². The van der Waals surface area contributed by atoms with Crippen LogP contribution in [0.15, 0.2) is 194 Å². The molecule has 1 aliphatic rings. The number of hydrogen-bond donors (Lipinski definition) is 0. The van der Waals surface area contributed by atoms with Crippen LogP contribution in [0.5, 0.6) is 23.0 Å². The lowest BCUT2D eigenvalue weighted by Gasteiger charge is -2.24. The summed E-state index contributed by atoms with van der Waals surface area (Å²) in [5.74, 6) is 3.98. The number of ether oxygens (including phenoxy) is 2. The molecule has 0 amide bonds. The predicted octanol–water partition coefficient (Wildman–Crippen LogP) is 13.2. The lowest BCUT2D eigenvalue weighted by molar-refractivity contribution is 0.360. The Morgan fingerprint density at radius 2 is 0.754 bits per heavy atom. The normalized spacial score (nSPS) is 11.8. The summed E-state index contributed by atoms with van der Waals surface area (Å²) < 4.78 is 15.5. The van der Waals surface area contributed by atoms with Crippen LogP contribution in [0.4, 0.5) is 0 Å². The van der Waals surface area contributed by atoms with E-state index < -0.39 is 0 Å². The molecule has 6 nitrogen and oxygen atoms in total. The van der Waals surface area contributed by atoms with Gasteiger partial charge in [0, 0.05) is 28.0 Å². The van der Waals surface area contributed by atoms with Gasteiger partial charge in [-0.15, -0.1) is 0 Å². The lowest BCUT2D eigenvalue weighted by Crippen LogP contribution is -2.06. The van der Waals surface area contributed by atoms with E-state index in [9.17, 15) is 0 Å². The van der Waals surface area contributed by atoms with E-state index in [4.69, 9.17) is 24.4 Å². The summed E-state index contributed by atoms with van der Waals surface area (Å²) in [5.41, 5.74) is 10.1. The Morgan fingerprint density at radius 1 is 0.333 bits per heavy atom. The van der Waals surface area contributed by atoms with E-state index in [1.807, 2.05) is 66.7 Å². The van der Waals surface area contributed by atoms with E-state index in [0.717, 1.165) is 39.0 Å². The number of hydrogen-bond acceptors (Lipinski definition) is 5. The summed E-state index contributed by atoms with van der Waals surface area (Å²) in [6.07, 6.45) is 0. The molecular weight excluding hydrogens is 701 g/mol. The highest BCUT2D eigenvalue weighted by Crippen LogP contribution is 2.51. The molecule has 0 fully saturated rings. The van der Waals surface area contributed by atoms with Crippen LogP contribution < -0.4 is 9.47 Å². The molecule has 0 saturated carbocycles. The van der Waals surface area contributed by atoms with Crippen molar-refractivity contribution in [3.8, 4) is 85.1 Å². The monoisotopic (exact) mass is 732 g/mol. The van der Waals surface area contributed by atoms with Crippen LogP contribution in [0.1, 0.15) is 0 Å². The van der Waals surface area contributed by atoms with Crippen molar-refractivity contribution in [1.29, 1.82) is 0 Å². The van der Waals surface area contributed by atoms with Gasteiger partial charge in [-0.3, -0.25) is 0 Å². The van der Waals surface area contributed by atoms with Crippen LogP contribution in [0.3, 0.4) is 0 Å². The second-order valence-corrected chi connectivity index (χ2v) is 14.0. The smallest absolute Gasteiger partial charge is 0.181 e. The number of rotatable bonds is 6. The first-order valence-electron chi connectivity index (χ1n) is 18.9. The van der Waals surface area contributed by atoms with Gasteiger partial charge in [0.05, 0.1) is 22.3 Å². The minimum absolute atomic E-state index is 0.473. The zero-order valence-corrected chi connectivity index (χ0v) is 30.6. The van der Waals surface area contributed by atoms with Crippen molar-refractivity contribution in [1.82, 2.24) is 19.5 Å². The molecule has 6 heteroatoms. The number of aromatic nitrogens is 4. The molecule has 57 heavy (non-hydrogen) atoms. The second-order valence-electron chi connectivity index (χ2n) is 14.0. The van der Waals surface area contributed by atoms with E-state index in [1.54, 1.807) is 0 Å². The minimum atomic E-state index is 0.473. The van der Waals surface area contributed by atoms with Gasteiger partial charge in [-0.25, -0.2) is 15.0 Å². The molecule has 268 valence electrons. The van der Waals surface area contributed by atoms with E-state index in [-0.39, 0.29) is 0 Å². The second kappa shape index (κ2) is 13.5. The highest BCUT2D eigenvalue weighted by Gasteiger charge is 2.27. The Bertz CT molecular complexity index is 3050. The number of nitrogens with zero attached hydrogens (tertiary/aromatic N) is 4. The molecular formula is C51H32N4O2. The summed E-state index contributed by atoms with van der Waals surface area (Å²) in [6.45, 7) is 0. The number of benzene rings is 8. The van der Waals surface area contributed by atoms with Crippen LogP contribution in [-0.2, 0) is 0 Å². The van der Waals surface area contributed by atoms with E-state index in [0.29, 0.717) is 46.0 Å². The Morgan fingerprint density at radius 3 is 1.33 bits per heavy atom. The highest BCUT2D eigenvalue weighted by atomic mass is 16.6. The molecule has 3 heterocycles. The third kappa shape index (κ3) is 5.79. The molecule has 2 aromatic heterocycles. The average Bonchev–Trinajstić information content (AvgIpc) is 3.63. The maximum absolute atomic E-state index is 6.67. The van der Waals surface area contributed by atoms with Gasteiger partial charge in [0.25, 0.3) is 0 Å². The predicted molar refractivity (Wildman–Crippen MR) is 228 cm³/mol. The molecule has 10 aromatic rings. The molecule has 0 radical (unpaired) electrons. The molecule has 0 saturated heterocycles. The zero-order valence-electron chi connectivity index (χ0n) is 30.6. The van der Waals surface area contributed by atoms with Crippen molar-refractivity contribution in [2.24, 2.45) is 0 Å². The molecule has 0 aliphatic carbocycles. The van der Waals surface area contributed by atoms with E-state index in [1.165, 1.54) is 21.9 Å². The van der Waals surface area contributed by atoms with Gasteiger partial charge >= 0.3 is 0 Å². The fourth-order valence-corrected chi connectivity index (χ4v) is 7.75. The summed E-state index contributed by atoms with van der Waals surface area (Å²) in [6, 6.07) is 66.3. The average molecular weight is 733 g/mol. The topological polar surface area (TPSA) is 62.1 Å². The Balaban J connectivity index is 1.07. The zero-order chi connectivity index (χ0) is 37.7. The Kier molecular flexibility index (Phi) is 7.71. The van der Waals surface area contributed by atoms with Crippen LogP contribution in [-0.4, -0.2) is 19.5 Å². The minimum Gasteiger partial charge on any atom is -0.449 e. The van der Waals surface area contributed by atoms with Gasteiger partial charge in [0.1, 0.15) is 0 Å². The van der Waals surface area contributed by atoms with Gasteiger partial charge in [0.15, 0.2) is 40.5 Å². The van der Waals surface area contributed by atoms with Gasteiger partial charge in [0.2, 0.25) is 0 Å². The molecule has 8 aromatic carbocycles. The maximum Gasteiger partial charge on any atom is 0.181 e. The highest BCUT2D eigenvalue weighted by molar-refractivity contribution is 6.09. The fourth-order valence-electron chi connectivity index (χ4n) is 7.75. The molecule has 0 unspecified atom stereocenters. The summed E-state index contributed by atoms with van der Waals surface area (Å²) in [5, 5.41) is 2.33. The van der Waals surface area contributed by atoms with Crippen molar-refractivity contribution in [2.75, 3.05) is 0 Å². The molecule has 11 rings (SSSR count). The Labute approximate surface area is 328 Å². The van der Waals surface area contributed by atoms with Gasteiger partial charge in [-0.2, -0.15) is 0 Å². The van der Waals surface area contributed by atoms with Gasteiger partial charge in [-0.1, -0.05) is 158 Å². The van der Waals surface area contributed by atoms with Crippen LogP contribution in [0, 0.1) is 0 Å². The molecule has 1 aliphatic heterocycles. The quantitative estimate of drug-likeness (QED) is 0.170. The molecule has 0 spiro atoms. The molecule has 0 N–H and O–H groups in total. The van der Waals surface area contributed by atoms with Gasteiger partial charge in [-0.05, 0) is 52.6 Å². The maximum atomic E-state index is 6.67. The first kappa shape index (κ1) is 32.6. The largest absolute Gasteiger partial charge is 0.449 e. The first-order chi connectivity index (χ1) is 28.2. The third-order valence-electron chi connectivity index (χ3n) is 10.5. The van der Waals surface area contributed by atoms with Crippen molar-refractivity contribution < 1.29 is 9.47 Å². The SMILES string of the molecule is c1ccc(-c2ccc(-c3ccc(-c4nc(-c5ccccc5)nc(-c5cc(-n6c7ccccc7c7ccccc76)cc6c5Oc5ccccc5O6)n4)cc3)cc2)cc1. The van der Waals surface area contributed by atoms with Crippen LogP contribution >= 0.6 is 0 Å². The summed E-state index contributed by atoms with van der Waals surface area (Å²) in [4.78, 5) is 15.4. The third-order valence-corrected chi connectivity index (χ3v) is 10.5. The standard InChI is InChI=1S/C51H32N4O2/c1-3-13-33(14-4-1)34-23-25-35(26-24-34)36-27-29-38(30-28-36)50-52-49(37-15-5-2-6-16-37)53-51(54-50)42-31-39(32-47-48(42)57-46-22-12-11-21-45(46)56-47)55-43-19-9-7-17-40(43)41-18-8-10-20-44(41)55/h1-32H. The fraction of sp³-hybridized carbons (Fsp3) is 0. The van der Waals surface area contributed by atoms with Crippen molar-refractivity contribution in [3.05, 3.63) is 194 Å². The Hall–Kier alpha value is -7.83.